The Hall–Kier alpha value is -3.09. The molecule has 0 fully saturated rings. The van der Waals surface area contributed by atoms with Crippen LogP contribution in [0, 0.1) is 0 Å². The summed E-state index contributed by atoms with van der Waals surface area (Å²) in [6.45, 7) is 1.83. The molecule has 0 spiro atoms. The molecule has 5 nitrogen and oxygen atoms in total. The van der Waals surface area contributed by atoms with Crippen molar-refractivity contribution in [2.75, 3.05) is 17.3 Å². The van der Waals surface area contributed by atoms with Gasteiger partial charge in [0.25, 0.3) is 0 Å². The quantitative estimate of drug-likeness (QED) is 0.502. The van der Waals surface area contributed by atoms with Crippen molar-refractivity contribution in [3.8, 4) is 0 Å². The number of nitrogens with zero attached hydrogens (tertiary/aromatic N) is 1. The van der Waals surface area contributed by atoms with E-state index in [1.807, 2.05) is 91.9 Å². The summed E-state index contributed by atoms with van der Waals surface area (Å²) in [5.74, 6) is -0.486. The molecule has 31 heavy (non-hydrogen) atoms. The molecule has 2 N–H and O–H groups in total. The summed E-state index contributed by atoms with van der Waals surface area (Å²) in [5.41, 5.74) is 1.62. The lowest BCUT2D eigenvalue weighted by Crippen LogP contribution is -2.52. The van der Waals surface area contributed by atoms with Crippen LogP contribution in [0.2, 0.25) is 0 Å². The van der Waals surface area contributed by atoms with Crippen molar-refractivity contribution < 1.29 is 14.6 Å². The number of aliphatic hydroxyl groups is 1. The van der Waals surface area contributed by atoms with Gasteiger partial charge in [-0.15, -0.1) is 0 Å². The second kappa shape index (κ2) is 8.57. The fourth-order valence-corrected chi connectivity index (χ4v) is 4.39. The topological polar surface area (TPSA) is 61.8 Å². The number of ether oxygens (including phenoxy) is 1. The van der Waals surface area contributed by atoms with E-state index in [4.69, 9.17) is 4.74 Å². The average molecular weight is 479 g/mol. The summed E-state index contributed by atoms with van der Waals surface area (Å²) in [6.07, 6.45) is 0. The van der Waals surface area contributed by atoms with Crippen molar-refractivity contribution >= 4 is 33.3 Å². The van der Waals surface area contributed by atoms with Crippen LogP contribution in [0.1, 0.15) is 12.5 Å². The Morgan fingerprint density at radius 2 is 1.58 bits per heavy atom. The van der Waals surface area contributed by atoms with Crippen LogP contribution in [0.15, 0.2) is 101 Å². The maximum absolute atomic E-state index is 12.9. The van der Waals surface area contributed by atoms with Crippen molar-refractivity contribution in [2.45, 2.75) is 18.7 Å². The van der Waals surface area contributed by atoms with E-state index in [0.29, 0.717) is 16.8 Å². The Kier molecular flexibility index (Phi) is 5.85. The number of methoxy groups -OCH3 is 1. The first-order chi connectivity index (χ1) is 15.0. The SMILES string of the molecule is COC(=O)C1=C(C)N(c2ccccc2)C(O)(c2ccc(Br)cc2)C1Nc1ccccc1. The third-order valence-electron chi connectivity index (χ3n) is 5.53. The predicted octanol–water partition coefficient (Wildman–Crippen LogP) is 5.04. The normalized spacial score (nSPS) is 20.6. The molecule has 2 unspecified atom stereocenters. The van der Waals surface area contributed by atoms with Gasteiger partial charge in [0.05, 0.1) is 12.7 Å². The maximum atomic E-state index is 12.9. The molecule has 3 aromatic carbocycles. The molecule has 0 aliphatic carbocycles. The second-order valence-electron chi connectivity index (χ2n) is 7.34. The number of carbonyl (C=O) groups is 1. The number of nitrogens with one attached hydrogen (secondary N) is 1. The van der Waals surface area contributed by atoms with Gasteiger partial charge in [0.1, 0.15) is 6.04 Å². The zero-order valence-electron chi connectivity index (χ0n) is 17.2. The van der Waals surface area contributed by atoms with Gasteiger partial charge in [0.2, 0.25) is 0 Å². The fraction of sp³-hybridized carbons (Fsp3) is 0.160. The summed E-state index contributed by atoms with van der Waals surface area (Å²) in [7, 11) is 1.35. The molecule has 6 heteroatoms. The van der Waals surface area contributed by atoms with Gasteiger partial charge in [-0.05, 0) is 43.3 Å². The minimum Gasteiger partial charge on any atom is -0.466 e. The minimum absolute atomic E-state index is 0.376. The highest BCUT2D eigenvalue weighted by molar-refractivity contribution is 9.10. The van der Waals surface area contributed by atoms with Crippen molar-refractivity contribution in [2.24, 2.45) is 0 Å². The Balaban J connectivity index is 1.95. The zero-order chi connectivity index (χ0) is 22.0. The highest BCUT2D eigenvalue weighted by Crippen LogP contribution is 2.47. The molecule has 0 saturated heterocycles. The molecular formula is C25H23BrN2O3. The van der Waals surface area contributed by atoms with Gasteiger partial charge in [0.15, 0.2) is 5.72 Å². The lowest BCUT2D eigenvalue weighted by molar-refractivity contribution is -0.136. The van der Waals surface area contributed by atoms with Crippen molar-refractivity contribution in [3.05, 3.63) is 106 Å². The highest BCUT2D eigenvalue weighted by atomic mass is 79.9. The van der Waals surface area contributed by atoms with Crippen LogP contribution in [0.25, 0.3) is 0 Å². The van der Waals surface area contributed by atoms with Crippen LogP contribution < -0.4 is 10.2 Å². The molecule has 4 rings (SSSR count). The number of allylic oxidation sites excluding steroid dienone is 1. The Morgan fingerprint density at radius 1 is 1.00 bits per heavy atom. The first kappa shape index (κ1) is 21.2. The molecule has 0 aromatic heterocycles. The van der Waals surface area contributed by atoms with Crippen molar-refractivity contribution in [3.63, 3.8) is 0 Å². The van der Waals surface area contributed by atoms with Crippen LogP contribution in [0.3, 0.4) is 0 Å². The first-order valence-corrected chi connectivity index (χ1v) is 10.7. The second-order valence-corrected chi connectivity index (χ2v) is 8.25. The molecule has 1 aliphatic rings. The Labute approximate surface area is 190 Å². The van der Waals surface area contributed by atoms with Gasteiger partial charge in [-0.2, -0.15) is 0 Å². The summed E-state index contributed by atoms with van der Waals surface area (Å²) in [6, 6.07) is 25.7. The molecule has 1 heterocycles. The number of halogens is 1. The van der Waals surface area contributed by atoms with E-state index < -0.39 is 17.7 Å². The van der Waals surface area contributed by atoms with Gasteiger partial charge < -0.3 is 20.1 Å². The molecule has 0 amide bonds. The van der Waals surface area contributed by atoms with E-state index in [-0.39, 0.29) is 0 Å². The standard InChI is InChI=1S/C25H23BrN2O3/c1-17-22(24(29)31-2)23(27-20-9-5-3-6-10-20)25(30,18-13-15-19(26)16-14-18)28(17)21-11-7-4-8-12-21/h3-16,23,27,30H,1-2H3. The Bertz CT molecular complexity index is 1100. The molecule has 1 aliphatic heterocycles. The molecule has 0 bridgehead atoms. The van der Waals surface area contributed by atoms with Gasteiger partial charge in [-0.25, -0.2) is 4.79 Å². The number of esters is 1. The molecule has 0 saturated carbocycles. The Morgan fingerprint density at radius 3 is 2.16 bits per heavy atom. The first-order valence-electron chi connectivity index (χ1n) is 9.91. The summed E-state index contributed by atoms with van der Waals surface area (Å²) >= 11 is 3.46. The van der Waals surface area contributed by atoms with E-state index in [1.54, 1.807) is 4.90 Å². The van der Waals surface area contributed by atoms with E-state index in [2.05, 4.69) is 21.2 Å². The third kappa shape index (κ3) is 3.73. The number of para-hydroxylation sites is 2. The summed E-state index contributed by atoms with van der Waals surface area (Å²) in [4.78, 5) is 14.7. The smallest absolute Gasteiger partial charge is 0.337 e. The van der Waals surface area contributed by atoms with Crippen LogP contribution in [-0.2, 0) is 15.3 Å². The highest BCUT2D eigenvalue weighted by Gasteiger charge is 2.55. The molecule has 3 aromatic rings. The van der Waals surface area contributed by atoms with Crippen LogP contribution in [0.4, 0.5) is 11.4 Å². The lowest BCUT2D eigenvalue weighted by atomic mass is 9.91. The van der Waals surface area contributed by atoms with Crippen LogP contribution >= 0.6 is 15.9 Å². The fourth-order valence-electron chi connectivity index (χ4n) is 4.12. The van der Waals surface area contributed by atoms with Gasteiger partial charge in [-0.1, -0.05) is 64.5 Å². The van der Waals surface area contributed by atoms with Crippen LogP contribution in [0.5, 0.6) is 0 Å². The zero-order valence-corrected chi connectivity index (χ0v) is 18.8. The maximum Gasteiger partial charge on any atom is 0.337 e. The number of rotatable bonds is 5. The number of hydrogen-bond donors (Lipinski definition) is 2. The number of hydrogen-bond acceptors (Lipinski definition) is 5. The lowest BCUT2D eigenvalue weighted by Gasteiger charge is -2.41. The van der Waals surface area contributed by atoms with E-state index in [9.17, 15) is 9.90 Å². The largest absolute Gasteiger partial charge is 0.466 e. The predicted molar refractivity (Wildman–Crippen MR) is 126 cm³/mol. The summed E-state index contributed by atoms with van der Waals surface area (Å²) in [5, 5.41) is 15.7. The van der Waals surface area contributed by atoms with E-state index in [1.165, 1.54) is 7.11 Å². The van der Waals surface area contributed by atoms with Crippen molar-refractivity contribution in [1.29, 1.82) is 0 Å². The van der Waals surface area contributed by atoms with Gasteiger partial charge in [-0.3, -0.25) is 0 Å². The number of benzene rings is 3. The van der Waals surface area contributed by atoms with Crippen LogP contribution in [-0.4, -0.2) is 24.2 Å². The van der Waals surface area contributed by atoms with E-state index >= 15 is 0 Å². The summed E-state index contributed by atoms with van der Waals surface area (Å²) < 4.78 is 6.02. The monoisotopic (exact) mass is 478 g/mol. The van der Waals surface area contributed by atoms with E-state index in [0.717, 1.165) is 15.8 Å². The minimum atomic E-state index is -1.58. The molecule has 2 atom stereocenters. The molecular weight excluding hydrogens is 456 g/mol. The van der Waals surface area contributed by atoms with Gasteiger partial charge in [0, 0.05) is 27.1 Å². The van der Waals surface area contributed by atoms with Crippen molar-refractivity contribution in [1.82, 2.24) is 0 Å². The average Bonchev–Trinajstić information content (AvgIpc) is 3.02. The number of carbonyl (C=O) groups excluding carboxylic acids is 1. The molecule has 0 radical (unpaired) electrons. The van der Waals surface area contributed by atoms with Gasteiger partial charge >= 0.3 is 5.97 Å². The molecule has 158 valence electrons. The third-order valence-corrected chi connectivity index (χ3v) is 6.06. The number of anilines is 2.